The van der Waals surface area contributed by atoms with E-state index in [1.807, 2.05) is 50.3 Å². The molecule has 1 unspecified atom stereocenters. The Kier molecular flexibility index (Phi) is 16.5. The van der Waals surface area contributed by atoms with Crippen molar-refractivity contribution in [3.63, 3.8) is 0 Å². The Morgan fingerprint density at radius 1 is 0.621 bits per heavy atom. The highest BCUT2D eigenvalue weighted by molar-refractivity contribution is 7.92. The molecule has 4 nitrogen and oxygen atoms in total. The Hall–Kier alpha value is -4.26. The first-order valence-electron chi connectivity index (χ1n) is 20.7. The van der Waals surface area contributed by atoms with Crippen molar-refractivity contribution < 1.29 is 16.8 Å². The first-order chi connectivity index (χ1) is 27.3. The summed E-state index contributed by atoms with van der Waals surface area (Å²) in [5, 5.41) is -0.992. The molecule has 1 atom stereocenters. The summed E-state index contributed by atoms with van der Waals surface area (Å²) in [6.45, 7) is 19.7. The molecule has 2 aliphatic rings. The van der Waals surface area contributed by atoms with Crippen LogP contribution in [0, 0.1) is 10.8 Å². The van der Waals surface area contributed by atoms with Gasteiger partial charge in [0.2, 0.25) is 0 Å². The molecule has 0 saturated heterocycles. The number of rotatable bonds is 16. The summed E-state index contributed by atoms with van der Waals surface area (Å²) in [5.41, 5.74) is 9.32. The first kappa shape index (κ1) is 46.4. The minimum absolute atomic E-state index is 0.0137. The van der Waals surface area contributed by atoms with E-state index in [4.69, 9.17) is 0 Å². The highest BCUT2D eigenvalue weighted by Gasteiger charge is 2.30. The van der Waals surface area contributed by atoms with Gasteiger partial charge in [0.1, 0.15) is 0 Å². The molecular weight excluding hydrogens is 753 g/mol. The van der Waals surface area contributed by atoms with Crippen molar-refractivity contribution in [3.05, 3.63) is 178 Å². The Labute approximate surface area is 351 Å². The van der Waals surface area contributed by atoms with Crippen LogP contribution in [0.3, 0.4) is 0 Å². The largest absolute Gasteiger partial charge is 0.223 e. The van der Waals surface area contributed by atoms with E-state index >= 15 is 0 Å². The molecule has 58 heavy (non-hydrogen) atoms. The van der Waals surface area contributed by atoms with Crippen LogP contribution in [-0.2, 0) is 19.7 Å². The van der Waals surface area contributed by atoms with Crippen LogP contribution in [0.4, 0.5) is 0 Å². The lowest BCUT2D eigenvalue weighted by Gasteiger charge is -2.33. The van der Waals surface area contributed by atoms with Crippen molar-refractivity contribution in [3.8, 4) is 0 Å². The van der Waals surface area contributed by atoms with E-state index < -0.39 is 24.9 Å². The van der Waals surface area contributed by atoms with Crippen molar-refractivity contribution >= 4 is 19.7 Å². The average molecular weight is 819 g/mol. The smallest absolute Gasteiger partial charge is 0.185 e. The molecule has 0 amide bonds. The number of hydrogen-bond donors (Lipinski definition) is 0. The number of benzene rings is 2. The maximum Gasteiger partial charge on any atom is 0.185 e. The van der Waals surface area contributed by atoms with E-state index in [-0.39, 0.29) is 32.8 Å². The molecule has 0 radical (unpaired) electrons. The molecule has 2 aromatic carbocycles. The van der Waals surface area contributed by atoms with E-state index in [9.17, 15) is 16.8 Å². The summed E-state index contributed by atoms with van der Waals surface area (Å²) in [5.74, 6) is -0.307. The van der Waals surface area contributed by atoms with E-state index in [0.29, 0.717) is 5.57 Å². The quantitative estimate of drug-likeness (QED) is 0.158. The van der Waals surface area contributed by atoms with Crippen molar-refractivity contribution in [1.29, 1.82) is 0 Å². The summed E-state index contributed by atoms with van der Waals surface area (Å²) in [7, 11) is -7.65. The third kappa shape index (κ3) is 13.4. The van der Waals surface area contributed by atoms with E-state index in [0.717, 1.165) is 30.4 Å². The van der Waals surface area contributed by atoms with Gasteiger partial charge in [-0.2, -0.15) is 0 Å². The Morgan fingerprint density at radius 2 is 1.09 bits per heavy atom. The van der Waals surface area contributed by atoms with Gasteiger partial charge in [0, 0.05) is 0 Å². The van der Waals surface area contributed by atoms with Gasteiger partial charge < -0.3 is 0 Å². The second-order valence-electron chi connectivity index (χ2n) is 17.5. The van der Waals surface area contributed by atoms with Crippen LogP contribution in [0.15, 0.2) is 188 Å². The average Bonchev–Trinajstić information content (AvgIpc) is 3.16. The van der Waals surface area contributed by atoms with Gasteiger partial charge in [-0.1, -0.05) is 170 Å². The normalized spacial score (nSPS) is 19.7. The molecule has 6 heteroatoms. The molecule has 0 spiro atoms. The van der Waals surface area contributed by atoms with Gasteiger partial charge in [0.05, 0.1) is 20.8 Å². The standard InChI is InChI=1S/C52H66O4S2/c1-40(22-18-23-41(2)31-33-49-43(4)24-19-35-51(49,6)7)21-16-17-26-45(39-57(53,54)46-27-12-10-13-28-46)38-48(58(55,56)47-29-14-11-15-30-47)37-42(3)32-34-50-44(5)25-20-36-52(50,8)9/h10-18,21-23,26-34,37,48H,19-20,24-25,35-36,38-39H2,1-9H3/b17-16+,22-18+,33-31+,34-32+,40-21+,41-23+,42-37+,45-26-. The maximum absolute atomic E-state index is 14.3. The van der Waals surface area contributed by atoms with Crippen LogP contribution in [-0.4, -0.2) is 27.8 Å². The molecular formula is C52H66O4S2. The second kappa shape index (κ2) is 20.6. The summed E-state index contributed by atoms with van der Waals surface area (Å²) >= 11 is 0. The molecule has 0 saturated carbocycles. The Balaban J connectivity index is 1.65. The molecule has 0 aliphatic heterocycles. The molecule has 2 aromatic rings. The second-order valence-corrected chi connectivity index (χ2v) is 21.7. The summed E-state index contributed by atoms with van der Waals surface area (Å²) in [6, 6.07) is 16.8. The van der Waals surface area contributed by atoms with Crippen LogP contribution >= 0.6 is 0 Å². The first-order valence-corrected chi connectivity index (χ1v) is 23.9. The minimum Gasteiger partial charge on any atom is -0.223 e. The fraction of sp³-hybridized carbons (Fsp3) is 0.385. The van der Waals surface area contributed by atoms with Gasteiger partial charge >= 0.3 is 0 Å². The van der Waals surface area contributed by atoms with Gasteiger partial charge in [-0.05, 0) is 126 Å². The predicted octanol–water partition coefficient (Wildman–Crippen LogP) is 13.7. The fourth-order valence-corrected chi connectivity index (χ4v) is 11.2. The topological polar surface area (TPSA) is 68.3 Å². The van der Waals surface area contributed by atoms with E-state index in [1.54, 1.807) is 72.8 Å². The monoisotopic (exact) mass is 818 g/mol. The van der Waals surface area contributed by atoms with E-state index in [1.165, 1.54) is 47.1 Å². The van der Waals surface area contributed by atoms with Gasteiger partial charge in [-0.25, -0.2) is 16.8 Å². The number of hydrogen-bond acceptors (Lipinski definition) is 4. The molecule has 0 heterocycles. The fourth-order valence-electron chi connectivity index (χ4n) is 8.09. The zero-order chi connectivity index (χ0) is 42.6. The molecule has 2 aliphatic carbocycles. The van der Waals surface area contributed by atoms with Gasteiger partial charge in [-0.15, -0.1) is 0 Å². The molecule has 0 aromatic heterocycles. The number of sulfone groups is 2. The maximum atomic E-state index is 14.3. The van der Waals surface area contributed by atoms with E-state index in [2.05, 4.69) is 72.8 Å². The lowest BCUT2D eigenvalue weighted by Crippen LogP contribution is -2.22. The molecule has 0 N–H and O–H groups in total. The van der Waals surface area contributed by atoms with Gasteiger partial charge in [0.25, 0.3) is 0 Å². The van der Waals surface area contributed by atoms with Crippen LogP contribution in [0.5, 0.6) is 0 Å². The van der Waals surface area contributed by atoms with Crippen LogP contribution in [0.25, 0.3) is 0 Å². The third-order valence-corrected chi connectivity index (χ3v) is 15.3. The number of allylic oxidation sites excluding steroid dienone is 18. The van der Waals surface area contributed by atoms with Crippen LogP contribution in [0.1, 0.15) is 107 Å². The van der Waals surface area contributed by atoms with Crippen LogP contribution < -0.4 is 0 Å². The SMILES string of the molecule is CC1=C(/C=C/C(C)=C/C=C/C(C)=C/C=C/C=C(/CC(/C=C(C)/C=C/C2=C(C)CCCC2(C)C)S(=O)(=O)c2ccccc2)CS(=O)(=O)c2ccccc2)C(C)(C)CCC1. The summed E-state index contributed by atoms with van der Waals surface area (Å²) in [4.78, 5) is 0.407. The van der Waals surface area contributed by atoms with Crippen molar-refractivity contribution in [2.24, 2.45) is 10.8 Å². The molecule has 0 bridgehead atoms. The van der Waals surface area contributed by atoms with Crippen molar-refractivity contribution in [2.75, 3.05) is 5.75 Å². The Bertz CT molecular complexity index is 2280. The highest BCUT2D eigenvalue weighted by Crippen LogP contribution is 2.42. The zero-order valence-electron chi connectivity index (χ0n) is 36.4. The minimum atomic E-state index is -3.88. The zero-order valence-corrected chi connectivity index (χ0v) is 38.0. The highest BCUT2D eigenvalue weighted by atomic mass is 32.2. The predicted molar refractivity (Wildman–Crippen MR) is 247 cm³/mol. The van der Waals surface area contributed by atoms with Gasteiger partial charge in [0.15, 0.2) is 19.7 Å². The lowest BCUT2D eigenvalue weighted by molar-refractivity contribution is 0.376. The third-order valence-electron chi connectivity index (χ3n) is 11.5. The lowest BCUT2D eigenvalue weighted by atomic mass is 9.72. The van der Waals surface area contributed by atoms with Crippen molar-refractivity contribution in [2.45, 2.75) is 122 Å². The molecule has 4 rings (SSSR count). The summed E-state index contributed by atoms with van der Waals surface area (Å²) < 4.78 is 56.2. The van der Waals surface area contributed by atoms with Crippen molar-refractivity contribution in [1.82, 2.24) is 0 Å². The Morgan fingerprint density at radius 3 is 1.62 bits per heavy atom. The van der Waals surface area contributed by atoms with Gasteiger partial charge in [-0.3, -0.25) is 0 Å². The summed E-state index contributed by atoms with van der Waals surface area (Å²) in [6.07, 6.45) is 31.0. The van der Waals surface area contributed by atoms with Crippen LogP contribution in [0.2, 0.25) is 0 Å². The molecule has 0 fully saturated rings. The molecule has 310 valence electrons.